The van der Waals surface area contributed by atoms with E-state index >= 15 is 0 Å². The highest BCUT2D eigenvalue weighted by molar-refractivity contribution is 14.0. The summed E-state index contributed by atoms with van der Waals surface area (Å²) in [6.07, 6.45) is 4.13. The van der Waals surface area contributed by atoms with Gasteiger partial charge in [-0.25, -0.2) is 8.42 Å². The third kappa shape index (κ3) is 9.50. The van der Waals surface area contributed by atoms with Gasteiger partial charge < -0.3 is 19.7 Å². The zero-order valence-electron chi connectivity index (χ0n) is 17.9. The largest absolute Gasteiger partial charge is 0.378 e. The van der Waals surface area contributed by atoms with Crippen LogP contribution in [-0.2, 0) is 19.5 Å². The summed E-state index contributed by atoms with van der Waals surface area (Å²) in [7, 11) is -3.27. The molecule has 1 N–H and O–H groups in total. The molecule has 0 spiro atoms. The summed E-state index contributed by atoms with van der Waals surface area (Å²) in [4.78, 5) is 6.90. The van der Waals surface area contributed by atoms with E-state index in [0.717, 1.165) is 38.5 Å². The number of sulfonamides is 1. The second-order valence-electron chi connectivity index (χ2n) is 7.29. The summed E-state index contributed by atoms with van der Waals surface area (Å²) in [5, 5.41) is 3.33. The van der Waals surface area contributed by atoms with E-state index < -0.39 is 10.0 Å². The van der Waals surface area contributed by atoms with Crippen molar-refractivity contribution in [3.05, 3.63) is 11.6 Å². The number of hydrogen-bond donors (Lipinski definition) is 1. The van der Waals surface area contributed by atoms with Crippen molar-refractivity contribution in [2.24, 2.45) is 4.99 Å². The lowest BCUT2D eigenvalue weighted by Crippen LogP contribution is -2.54. The molecule has 0 unspecified atom stereocenters. The summed E-state index contributed by atoms with van der Waals surface area (Å²) in [6, 6.07) is 0. The number of aliphatic imine (C=N–C) groups is 1. The van der Waals surface area contributed by atoms with E-state index in [1.807, 2.05) is 20.8 Å². The molecule has 0 amide bonds. The molecule has 2 aliphatic rings. The summed E-state index contributed by atoms with van der Waals surface area (Å²) in [6.45, 7) is 11.4. The van der Waals surface area contributed by atoms with E-state index in [4.69, 9.17) is 14.5 Å². The molecule has 8 nitrogen and oxygen atoms in total. The van der Waals surface area contributed by atoms with Gasteiger partial charge in [0.2, 0.25) is 10.0 Å². The average molecular weight is 545 g/mol. The van der Waals surface area contributed by atoms with Crippen molar-refractivity contribution >= 4 is 40.0 Å². The third-order valence-corrected chi connectivity index (χ3v) is 6.65. The van der Waals surface area contributed by atoms with Crippen molar-refractivity contribution in [1.82, 2.24) is 14.5 Å². The maximum absolute atomic E-state index is 12.5. The molecule has 0 atom stereocenters. The first-order valence-corrected chi connectivity index (χ1v) is 11.9. The highest BCUT2D eigenvalue weighted by atomic mass is 127. The molecule has 0 aromatic heterocycles. The van der Waals surface area contributed by atoms with Gasteiger partial charge in [-0.1, -0.05) is 11.6 Å². The SMILES string of the molecule is CCNC(=NCCC1=CCOCC1)N1CCN(S(=O)(=O)CCOC(C)C)CC1.I. The number of piperazine rings is 1. The molecule has 0 saturated carbocycles. The van der Waals surface area contributed by atoms with E-state index in [2.05, 4.69) is 16.3 Å². The topological polar surface area (TPSA) is 83.5 Å². The fourth-order valence-electron chi connectivity index (χ4n) is 3.22. The van der Waals surface area contributed by atoms with Crippen molar-refractivity contribution in [2.75, 3.05) is 64.8 Å². The van der Waals surface area contributed by atoms with E-state index in [9.17, 15) is 8.42 Å². The van der Waals surface area contributed by atoms with E-state index in [1.54, 1.807) is 4.31 Å². The second kappa shape index (κ2) is 13.8. The lowest BCUT2D eigenvalue weighted by atomic mass is 10.1. The maximum Gasteiger partial charge on any atom is 0.216 e. The molecule has 2 aliphatic heterocycles. The van der Waals surface area contributed by atoms with Gasteiger partial charge in [0.25, 0.3) is 0 Å². The van der Waals surface area contributed by atoms with Crippen molar-refractivity contribution in [2.45, 2.75) is 39.7 Å². The minimum absolute atomic E-state index is 0. The first-order chi connectivity index (χ1) is 13.4. The molecule has 1 fully saturated rings. The van der Waals surface area contributed by atoms with Gasteiger partial charge in [-0.15, -0.1) is 24.0 Å². The fourth-order valence-corrected chi connectivity index (χ4v) is 4.50. The van der Waals surface area contributed by atoms with E-state index in [0.29, 0.717) is 32.8 Å². The minimum atomic E-state index is -3.27. The van der Waals surface area contributed by atoms with Crippen LogP contribution in [0.1, 0.15) is 33.6 Å². The molecule has 2 heterocycles. The van der Waals surface area contributed by atoms with Gasteiger partial charge in [0.15, 0.2) is 5.96 Å². The van der Waals surface area contributed by atoms with Crippen LogP contribution in [0.15, 0.2) is 16.6 Å². The minimum Gasteiger partial charge on any atom is -0.378 e. The van der Waals surface area contributed by atoms with Crippen molar-refractivity contribution in [3.8, 4) is 0 Å². The van der Waals surface area contributed by atoms with Crippen LogP contribution in [0.25, 0.3) is 0 Å². The molecule has 0 aliphatic carbocycles. The quantitative estimate of drug-likeness (QED) is 0.206. The summed E-state index contributed by atoms with van der Waals surface area (Å²) in [5.74, 6) is 0.911. The molecule has 0 bridgehead atoms. The molecule has 10 heteroatoms. The fraction of sp³-hybridized carbons (Fsp3) is 0.842. The lowest BCUT2D eigenvalue weighted by molar-refractivity contribution is 0.0904. The van der Waals surface area contributed by atoms with Gasteiger partial charge in [-0.05, 0) is 33.6 Å². The predicted molar refractivity (Wildman–Crippen MR) is 128 cm³/mol. The van der Waals surface area contributed by atoms with Crippen LogP contribution in [-0.4, -0.2) is 94.5 Å². The number of nitrogens with one attached hydrogen (secondary N) is 1. The van der Waals surface area contributed by atoms with Crippen LogP contribution in [0.5, 0.6) is 0 Å². The van der Waals surface area contributed by atoms with Crippen LogP contribution >= 0.6 is 24.0 Å². The zero-order chi connectivity index (χ0) is 20.4. The first-order valence-electron chi connectivity index (χ1n) is 10.3. The Bertz CT molecular complexity index is 632. The van der Waals surface area contributed by atoms with E-state index in [1.165, 1.54) is 5.57 Å². The van der Waals surface area contributed by atoms with Gasteiger partial charge in [0, 0.05) is 39.3 Å². The predicted octanol–water partition coefficient (Wildman–Crippen LogP) is 1.68. The van der Waals surface area contributed by atoms with Crippen LogP contribution in [0.2, 0.25) is 0 Å². The van der Waals surface area contributed by atoms with Crippen LogP contribution in [0.4, 0.5) is 0 Å². The van der Waals surface area contributed by atoms with Gasteiger partial charge in [0.1, 0.15) is 0 Å². The smallest absolute Gasteiger partial charge is 0.216 e. The Hall–Kier alpha value is -0.430. The molecule has 2 rings (SSSR count). The molecule has 1 saturated heterocycles. The molecule has 0 aromatic rings. The monoisotopic (exact) mass is 544 g/mol. The van der Waals surface area contributed by atoms with Crippen molar-refractivity contribution in [3.63, 3.8) is 0 Å². The van der Waals surface area contributed by atoms with E-state index in [-0.39, 0.29) is 42.4 Å². The standard InChI is InChI=1S/C19H36N4O4S.HI/c1-4-20-19(21-8-5-18-6-13-26-14-7-18)22-9-11-23(12-10-22)28(24,25)16-15-27-17(2)3;/h6,17H,4-5,7-16H2,1-3H3,(H,20,21);1H. The Labute approximate surface area is 193 Å². The molecular weight excluding hydrogens is 507 g/mol. The Morgan fingerprint density at radius 1 is 1.31 bits per heavy atom. The van der Waals surface area contributed by atoms with Crippen LogP contribution < -0.4 is 5.32 Å². The van der Waals surface area contributed by atoms with Gasteiger partial charge in [-0.3, -0.25) is 4.99 Å². The maximum atomic E-state index is 12.5. The Morgan fingerprint density at radius 3 is 2.62 bits per heavy atom. The summed E-state index contributed by atoms with van der Waals surface area (Å²) in [5.41, 5.74) is 1.41. The van der Waals surface area contributed by atoms with Gasteiger partial charge >= 0.3 is 0 Å². The van der Waals surface area contributed by atoms with Gasteiger partial charge in [-0.2, -0.15) is 4.31 Å². The number of ether oxygens (including phenoxy) is 2. The third-order valence-electron chi connectivity index (χ3n) is 4.81. The second-order valence-corrected chi connectivity index (χ2v) is 9.38. The zero-order valence-corrected chi connectivity index (χ0v) is 21.1. The highest BCUT2D eigenvalue weighted by Gasteiger charge is 2.28. The number of rotatable bonds is 9. The molecule has 0 aromatic carbocycles. The van der Waals surface area contributed by atoms with Crippen molar-refractivity contribution < 1.29 is 17.9 Å². The lowest BCUT2D eigenvalue weighted by Gasteiger charge is -2.36. The molecule has 0 radical (unpaired) electrons. The Kier molecular flexibility index (Phi) is 12.7. The Balaban J connectivity index is 0.00000420. The van der Waals surface area contributed by atoms with Crippen LogP contribution in [0.3, 0.4) is 0 Å². The average Bonchev–Trinajstić information content (AvgIpc) is 2.68. The first kappa shape index (κ1) is 26.6. The molecular formula is C19H37IN4O4S. The summed E-state index contributed by atoms with van der Waals surface area (Å²) >= 11 is 0. The number of guanidine groups is 1. The highest BCUT2D eigenvalue weighted by Crippen LogP contribution is 2.12. The van der Waals surface area contributed by atoms with Crippen molar-refractivity contribution in [1.29, 1.82) is 0 Å². The molecule has 29 heavy (non-hydrogen) atoms. The number of nitrogens with zero attached hydrogens (tertiary/aromatic N) is 3. The summed E-state index contributed by atoms with van der Waals surface area (Å²) < 4.78 is 37.3. The molecule has 170 valence electrons. The van der Waals surface area contributed by atoms with Gasteiger partial charge in [0.05, 0.1) is 31.7 Å². The number of hydrogen-bond acceptors (Lipinski definition) is 5. The Morgan fingerprint density at radius 2 is 2.03 bits per heavy atom. The van der Waals surface area contributed by atoms with Crippen LogP contribution in [0, 0.1) is 0 Å². The number of halogens is 1. The normalized spacial score (nSPS) is 19.1.